The molecular weight excluding hydrogens is 854 g/mol. The van der Waals surface area contributed by atoms with Crippen LogP contribution in [-0.4, -0.2) is 73.4 Å². The van der Waals surface area contributed by atoms with Crippen molar-refractivity contribution in [2.75, 3.05) is 4.90 Å². The van der Waals surface area contributed by atoms with Crippen molar-refractivity contribution in [2.24, 2.45) is 0 Å². The van der Waals surface area contributed by atoms with Gasteiger partial charge in [0, 0.05) is 10.9 Å². The Kier molecular flexibility index (Phi) is 13.9. The second-order valence-electron chi connectivity index (χ2n) is 18.9. The summed E-state index contributed by atoms with van der Waals surface area (Å²) in [5.41, 5.74) is -4.90. The summed E-state index contributed by atoms with van der Waals surface area (Å²) in [6.45, 7) is 17.3. The average molecular weight is 907 g/mol. The van der Waals surface area contributed by atoms with Crippen molar-refractivity contribution in [1.82, 2.24) is 14.3 Å². The van der Waals surface area contributed by atoms with Crippen LogP contribution in [0.4, 0.5) is 33.4 Å². The number of imide groups is 1. The summed E-state index contributed by atoms with van der Waals surface area (Å²) in [7, 11) is 0. The van der Waals surface area contributed by atoms with Gasteiger partial charge in [0.1, 0.15) is 39.6 Å². The van der Waals surface area contributed by atoms with E-state index in [9.17, 15) is 32.3 Å². The summed E-state index contributed by atoms with van der Waals surface area (Å²) in [5.74, 6) is -3.21. The topological polar surface area (TPSA) is 167 Å². The molecule has 0 bridgehead atoms. The third kappa shape index (κ3) is 12.5. The number of esters is 1. The maximum atomic E-state index is 15.3. The zero-order chi connectivity index (χ0) is 48.6. The van der Waals surface area contributed by atoms with E-state index in [4.69, 9.17) is 28.4 Å². The molecule has 5 aromatic rings. The number of amides is 2. The van der Waals surface area contributed by atoms with E-state index in [1.54, 1.807) is 96.1 Å². The molecule has 2 heterocycles. The van der Waals surface area contributed by atoms with Crippen LogP contribution >= 0.6 is 0 Å². The second-order valence-corrected chi connectivity index (χ2v) is 18.9. The van der Waals surface area contributed by atoms with E-state index >= 15 is 4.79 Å². The standard InChI is InChI=1S/C47H53F3N4O11/c1-26-20-29(60-35-17-15-14-16-31(35)48)18-19-32(26)54-39(53(42(58)64-46(8,9)10)43(59)65-47(11,12)13)30(25-51-54)38(56)34-21-27-23-36(61-40(49)50)28(24-37(55)62-44(2,3)4)22-33(27)52(34)41(57)63-45(5,6)7/h14-23,25,40H,24H2,1-13H3. The van der Waals surface area contributed by atoms with Crippen LogP contribution in [0.3, 0.4) is 0 Å². The number of aromatic nitrogens is 3. The molecule has 0 fully saturated rings. The predicted molar refractivity (Wildman–Crippen MR) is 233 cm³/mol. The molecule has 0 radical (unpaired) electrons. The first-order valence-corrected chi connectivity index (χ1v) is 20.4. The van der Waals surface area contributed by atoms with Gasteiger partial charge in [-0.05, 0) is 144 Å². The zero-order valence-electron chi connectivity index (χ0n) is 38.5. The molecule has 0 aliphatic carbocycles. The van der Waals surface area contributed by atoms with E-state index in [0.29, 0.717) is 10.5 Å². The Morgan fingerprint density at radius 2 is 1.31 bits per heavy atom. The van der Waals surface area contributed by atoms with E-state index < -0.39 is 94.1 Å². The number of benzene rings is 3. The highest BCUT2D eigenvalue weighted by molar-refractivity contribution is 6.19. The summed E-state index contributed by atoms with van der Waals surface area (Å²) in [5, 5.41) is 4.49. The Labute approximate surface area is 374 Å². The van der Waals surface area contributed by atoms with Crippen LogP contribution in [0.25, 0.3) is 16.6 Å². The minimum atomic E-state index is -3.33. The van der Waals surface area contributed by atoms with Crippen LogP contribution in [0.2, 0.25) is 0 Å². The number of para-hydroxylation sites is 1. The van der Waals surface area contributed by atoms with Crippen LogP contribution in [0, 0.1) is 12.7 Å². The van der Waals surface area contributed by atoms with Gasteiger partial charge in [0.2, 0.25) is 5.78 Å². The molecule has 0 aliphatic heterocycles. The monoisotopic (exact) mass is 906 g/mol. The number of anilines is 1. The van der Waals surface area contributed by atoms with E-state index in [-0.39, 0.29) is 33.7 Å². The summed E-state index contributed by atoms with van der Waals surface area (Å²) in [4.78, 5) is 71.5. The first kappa shape index (κ1) is 49.2. The SMILES string of the molecule is Cc1cc(Oc2ccccc2F)ccc1-n1ncc(C(=O)c2cc3cc(OC(F)F)c(CC(=O)OC(C)(C)C)cc3n2C(=O)OC(C)(C)C)c1N(C(=O)OC(C)(C)C)C(=O)OC(C)(C)C. The van der Waals surface area contributed by atoms with Gasteiger partial charge >= 0.3 is 30.9 Å². The fourth-order valence-corrected chi connectivity index (χ4v) is 6.30. The number of ketones is 1. The fraction of sp³-hybridized carbons (Fsp3) is 0.404. The number of hydrogen-bond acceptors (Lipinski definition) is 12. The maximum absolute atomic E-state index is 15.3. The molecule has 65 heavy (non-hydrogen) atoms. The van der Waals surface area contributed by atoms with Crippen LogP contribution in [-0.2, 0) is 30.2 Å². The Hall–Kier alpha value is -6.85. The Balaban J connectivity index is 1.81. The Bertz CT molecular complexity index is 2610. The summed E-state index contributed by atoms with van der Waals surface area (Å²) < 4.78 is 77.3. The third-order valence-corrected chi connectivity index (χ3v) is 8.58. The van der Waals surface area contributed by atoms with Gasteiger partial charge in [-0.15, -0.1) is 0 Å². The highest BCUT2D eigenvalue weighted by Crippen LogP contribution is 2.37. The zero-order valence-corrected chi connectivity index (χ0v) is 38.5. The number of nitrogens with zero attached hydrogens (tertiary/aromatic N) is 4. The maximum Gasteiger partial charge on any atom is 0.425 e. The first-order valence-electron chi connectivity index (χ1n) is 20.4. The van der Waals surface area contributed by atoms with E-state index in [1.807, 2.05) is 0 Å². The van der Waals surface area contributed by atoms with Crippen LogP contribution in [0.1, 0.15) is 110 Å². The first-order chi connectivity index (χ1) is 29.9. The number of carbonyl (C=O) groups is 5. The number of hydrogen-bond donors (Lipinski definition) is 0. The highest BCUT2D eigenvalue weighted by atomic mass is 19.3. The van der Waals surface area contributed by atoms with Gasteiger partial charge in [-0.25, -0.2) is 28.0 Å². The molecule has 5 rings (SSSR count). The van der Waals surface area contributed by atoms with Crippen LogP contribution in [0.15, 0.2) is 66.9 Å². The van der Waals surface area contributed by atoms with Gasteiger partial charge in [0.15, 0.2) is 17.4 Å². The van der Waals surface area contributed by atoms with Crippen molar-refractivity contribution in [3.05, 3.63) is 95.1 Å². The molecule has 0 saturated carbocycles. The number of halogens is 3. The van der Waals surface area contributed by atoms with Crippen LogP contribution < -0.4 is 14.4 Å². The molecule has 15 nitrogen and oxygen atoms in total. The molecule has 0 unspecified atom stereocenters. The lowest BCUT2D eigenvalue weighted by Crippen LogP contribution is -2.45. The van der Waals surface area contributed by atoms with Crippen LogP contribution in [0.5, 0.6) is 17.2 Å². The number of fused-ring (bicyclic) bond motifs is 1. The Morgan fingerprint density at radius 1 is 0.723 bits per heavy atom. The van der Waals surface area contributed by atoms with Crippen molar-refractivity contribution < 1.29 is 65.6 Å². The van der Waals surface area contributed by atoms with E-state index in [0.717, 1.165) is 21.5 Å². The van der Waals surface area contributed by atoms with Crippen molar-refractivity contribution >= 4 is 46.8 Å². The molecule has 18 heteroatoms. The molecule has 0 saturated heterocycles. The van der Waals surface area contributed by atoms with Gasteiger partial charge in [-0.2, -0.15) is 18.8 Å². The van der Waals surface area contributed by atoms with Gasteiger partial charge in [-0.1, -0.05) is 12.1 Å². The number of ether oxygens (including phenoxy) is 6. The number of alkyl halides is 2. The highest BCUT2D eigenvalue weighted by Gasteiger charge is 2.40. The molecule has 0 atom stereocenters. The Morgan fingerprint density at radius 3 is 1.85 bits per heavy atom. The normalized spacial score (nSPS) is 12.2. The second kappa shape index (κ2) is 18.3. The predicted octanol–water partition coefficient (Wildman–Crippen LogP) is 11.2. The lowest BCUT2D eigenvalue weighted by atomic mass is 10.1. The number of aryl methyl sites for hydroxylation is 1. The molecule has 348 valence electrons. The third-order valence-electron chi connectivity index (χ3n) is 8.58. The van der Waals surface area contributed by atoms with Gasteiger partial charge in [-0.3, -0.25) is 9.59 Å². The smallest absolute Gasteiger partial charge is 0.425 e. The molecule has 0 aliphatic rings. The average Bonchev–Trinajstić information content (AvgIpc) is 3.71. The molecular formula is C47H53F3N4O11. The van der Waals surface area contributed by atoms with Gasteiger partial charge < -0.3 is 28.4 Å². The molecule has 0 N–H and O–H groups in total. The van der Waals surface area contributed by atoms with E-state index in [2.05, 4.69) is 5.10 Å². The summed E-state index contributed by atoms with van der Waals surface area (Å²) >= 11 is 0. The fourth-order valence-electron chi connectivity index (χ4n) is 6.30. The van der Waals surface area contributed by atoms with Gasteiger partial charge in [0.05, 0.1) is 29.4 Å². The number of rotatable bonds is 10. The molecule has 2 amide bonds. The lowest BCUT2D eigenvalue weighted by molar-refractivity contribution is -0.154. The quantitative estimate of drug-likeness (QED) is 0.0740. The van der Waals surface area contributed by atoms with Gasteiger partial charge in [0.25, 0.3) is 0 Å². The summed E-state index contributed by atoms with van der Waals surface area (Å²) in [6, 6.07) is 13.8. The minimum absolute atomic E-state index is 0.0224. The van der Waals surface area contributed by atoms with Crippen molar-refractivity contribution in [2.45, 2.75) is 125 Å². The molecule has 3 aromatic carbocycles. The van der Waals surface area contributed by atoms with Crippen molar-refractivity contribution in [1.29, 1.82) is 0 Å². The molecule has 2 aromatic heterocycles. The van der Waals surface area contributed by atoms with Crippen molar-refractivity contribution in [3.8, 4) is 22.9 Å². The summed E-state index contributed by atoms with van der Waals surface area (Å²) in [6.07, 6.45) is -3.15. The minimum Gasteiger partial charge on any atom is -0.460 e. The lowest BCUT2D eigenvalue weighted by Gasteiger charge is -2.29. The van der Waals surface area contributed by atoms with E-state index in [1.165, 1.54) is 48.5 Å². The molecule has 0 spiro atoms. The van der Waals surface area contributed by atoms with Crippen molar-refractivity contribution in [3.63, 3.8) is 0 Å². The number of carbonyl (C=O) groups excluding carboxylic acids is 5. The largest absolute Gasteiger partial charge is 0.460 e.